The lowest BCUT2D eigenvalue weighted by molar-refractivity contribution is -0.136. The molecule has 8 heteroatoms. The molecule has 2 saturated heterocycles. The second-order valence-electron chi connectivity index (χ2n) is 9.60. The summed E-state index contributed by atoms with van der Waals surface area (Å²) < 4.78 is 0. The summed E-state index contributed by atoms with van der Waals surface area (Å²) in [5, 5.41) is 5.24. The summed E-state index contributed by atoms with van der Waals surface area (Å²) in [6.45, 7) is 8.51. The molecule has 0 radical (unpaired) electrons. The first-order valence-electron chi connectivity index (χ1n) is 11.8. The molecule has 2 N–H and O–H groups in total. The number of benzene rings is 1. The highest BCUT2D eigenvalue weighted by molar-refractivity contribution is 6.30. The summed E-state index contributed by atoms with van der Waals surface area (Å²) in [5.41, 5.74) is 3.03. The Balaban J connectivity index is 1.40. The molecule has 1 aromatic carbocycles. The molecule has 2 aliphatic heterocycles. The third-order valence-electron chi connectivity index (χ3n) is 6.98. The summed E-state index contributed by atoms with van der Waals surface area (Å²) in [6, 6.07) is 8.40. The van der Waals surface area contributed by atoms with E-state index in [1.807, 2.05) is 30.5 Å². The van der Waals surface area contributed by atoms with Gasteiger partial charge in [0.1, 0.15) is 17.8 Å². The van der Waals surface area contributed by atoms with Gasteiger partial charge in [-0.25, -0.2) is 9.97 Å². The van der Waals surface area contributed by atoms with Crippen LogP contribution in [0, 0.1) is 6.92 Å². The lowest BCUT2D eigenvalue weighted by atomic mass is 9.95. The third-order valence-corrected chi connectivity index (χ3v) is 7.24. The van der Waals surface area contributed by atoms with E-state index in [1.165, 1.54) is 0 Å². The lowest BCUT2D eigenvalue weighted by Crippen LogP contribution is -2.57. The van der Waals surface area contributed by atoms with Gasteiger partial charge in [-0.1, -0.05) is 37.6 Å². The third kappa shape index (κ3) is 4.20. The first-order valence-corrected chi connectivity index (χ1v) is 12.1. The van der Waals surface area contributed by atoms with Crippen molar-refractivity contribution in [1.29, 1.82) is 0 Å². The van der Waals surface area contributed by atoms with Gasteiger partial charge >= 0.3 is 0 Å². The first kappa shape index (κ1) is 22.2. The van der Waals surface area contributed by atoms with Crippen molar-refractivity contribution in [2.45, 2.75) is 57.7 Å². The number of aromatic nitrogens is 3. The van der Waals surface area contributed by atoms with Crippen molar-refractivity contribution >= 4 is 34.4 Å². The standard InChI is InChI=1S/C25H31ClN6O/c1-15(2)27-11-21(17-4-6-18(26)7-5-17)25(33)32-19-8-9-20(32)13-31(12-19)24-22-16(3)10-28-23(22)29-14-30-24/h4-7,10,14-15,19-21,27H,8-9,11-13H2,1-3H3,(H,28,29,30)/t19?,20?,21-/m1/s1. The Labute approximate surface area is 199 Å². The number of aryl methyl sites for hydroxylation is 1. The zero-order valence-electron chi connectivity index (χ0n) is 19.4. The van der Waals surface area contributed by atoms with Crippen molar-refractivity contribution in [2.75, 3.05) is 24.5 Å². The average molecular weight is 467 g/mol. The summed E-state index contributed by atoms with van der Waals surface area (Å²) in [4.78, 5) is 30.7. The Hall–Kier alpha value is -2.64. The molecule has 0 saturated carbocycles. The van der Waals surface area contributed by atoms with Crippen LogP contribution in [-0.2, 0) is 4.79 Å². The number of fused-ring (bicyclic) bond motifs is 3. The van der Waals surface area contributed by atoms with E-state index in [9.17, 15) is 4.79 Å². The van der Waals surface area contributed by atoms with Crippen LogP contribution in [-0.4, -0.2) is 63.5 Å². The molecule has 2 unspecified atom stereocenters. The molecule has 2 aliphatic rings. The van der Waals surface area contributed by atoms with E-state index in [-0.39, 0.29) is 23.9 Å². The minimum atomic E-state index is -0.225. The number of aromatic amines is 1. The number of carbonyl (C=O) groups is 1. The molecule has 2 bridgehead atoms. The van der Waals surface area contributed by atoms with E-state index in [2.05, 4.69) is 50.8 Å². The van der Waals surface area contributed by atoms with Crippen LogP contribution < -0.4 is 10.2 Å². The maximum Gasteiger partial charge on any atom is 0.232 e. The molecular weight excluding hydrogens is 436 g/mol. The normalized spacial score (nSPS) is 21.2. The van der Waals surface area contributed by atoms with E-state index < -0.39 is 0 Å². The molecule has 1 amide bonds. The fraction of sp³-hybridized carbons (Fsp3) is 0.480. The predicted molar refractivity (Wildman–Crippen MR) is 132 cm³/mol. The second kappa shape index (κ2) is 8.95. The van der Waals surface area contributed by atoms with Gasteiger partial charge < -0.3 is 20.1 Å². The zero-order chi connectivity index (χ0) is 23.1. The molecule has 33 heavy (non-hydrogen) atoms. The number of amides is 1. The fourth-order valence-corrected chi connectivity index (χ4v) is 5.48. The van der Waals surface area contributed by atoms with Crippen LogP contribution in [0.3, 0.4) is 0 Å². The van der Waals surface area contributed by atoms with E-state index in [0.717, 1.165) is 53.9 Å². The molecule has 2 aromatic heterocycles. The SMILES string of the molecule is Cc1c[nH]c2ncnc(N3CC4CCC(C3)N4C(=O)[C@H](CNC(C)C)c3ccc(Cl)cc3)c12. The highest BCUT2D eigenvalue weighted by atomic mass is 35.5. The number of piperazine rings is 1. The fourth-order valence-electron chi connectivity index (χ4n) is 5.35. The van der Waals surface area contributed by atoms with Gasteiger partial charge in [-0.05, 0) is 43.0 Å². The highest BCUT2D eigenvalue weighted by Crippen LogP contribution is 2.37. The van der Waals surface area contributed by atoms with E-state index in [0.29, 0.717) is 17.6 Å². The number of rotatable bonds is 6. The first-order chi connectivity index (χ1) is 15.9. The molecule has 3 atom stereocenters. The smallest absolute Gasteiger partial charge is 0.232 e. The van der Waals surface area contributed by atoms with Gasteiger partial charge in [-0.3, -0.25) is 4.79 Å². The zero-order valence-corrected chi connectivity index (χ0v) is 20.1. The number of nitrogens with zero attached hydrogens (tertiary/aromatic N) is 4. The number of H-pyrrole nitrogens is 1. The number of nitrogens with one attached hydrogen (secondary N) is 2. The summed E-state index contributed by atoms with van der Waals surface area (Å²) in [6.07, 6.45) is 5.66. The molecule has 4 heterocycles. The Morgan fingerprint density at radius 3 is 2.55 bits per heavy atom. The van der Waals surface area contributed by atoms with Crippen LogP contribution in [0.25, 0.3) is 11.0 Å². The molecule has 0 spiro atoms. The van der Waals surface area contributed by atoms with Crippen molar-refractivity contribution in [3.63, 3.8) is 0 Å². The number of hydrogen-bond acceptors (Lipinski definition) is 5. The minimum Gasteiger partial charge on any atom is -0.352 e. The van der Waals surface area contributed by atoms with Crippen LogP contribution in [0.1, 0.15) is 43.7 Å². The predicted octanol–water partition coefficient (Wildman–Crippen LogP) is 3.88. The van der Waals surface area contributed by atoms with Crippen LogP contribution >= 0.6 is 11.6 Å². The van der Waals surface area contributed by atoms with Gasteiger partial charge in [0.25, 0.3) is 0 Å². The van der Waals surface area contributed by atoms with Gasteiger partial charge in [-0.15, -0.1) is 0 Å². The number of hydrogen-bond donors (Lipinski definition) is 2. The maximum atomic E-state index is 13.9. The number of halogens is 1. The highest BCUT2D eigenvalue weighted by Gasteiger charge is 2.45. The van der Waals surface area contributed by atoms with Crippen LogP contribution in [0.2, 0.25) is 5.02 Å². The summed E-state index contributed by atoms with van der Waals surface area (Å²) in [5.74, 6) is 0.957. The number of anilines is 1. The lowest BCUT2D eigenvalue weighted by Gasteiger charge is -2.43. The molecule has 3 aromatic rings. The topological polar surface area (TPSA) is 77.2 Å². The molecule has 7 nitrogen and oxygen atoms in total. The minimum absolute atomic E-state index is 0.189. The van der Waals surface area contributed by atoms with Gasteiger partial charge in [-0.2, -0.15) is 0 Å². The Morgan fingerprint density at radius 1 is 1.18 bits per heavy atom. The maximum absolute atomic E-state index is 13.9. The molecule has 5 rings (SSSR count). The van der Waals surface area contributed by atoms with Crippen molar-refractivity contribution in [3.8, 4) is 0 Å². The van der Waals surface area contributed by atoms with E-state index in [4.69, 9.17) is 11.6 Å². The summed E-state index contributed by atoms with van der Waals surface area (Å²) in [7, 11) is 0. The van der Waals surface area contributed by atoms with Crippen LogP contribution in [0.4, 0.5) is 5.82 Å². The molecule has 174 valence electrons. The van der Waals surface area contributed by atoms with Gasteiger partial charge in [0.15, 0.2) is 0 Å². The van der Waals surface area contributed by atoms with E-state index in [1.54, 1.807) is 6.33 Å². The summed E-state index contributed by atoms with van der Waals surface area (Å²) >= 11 is 6.12. The Kier molecular flexibility index (Phi) is 6.01. The number of carbonyl (C=O) groups excluding carboxylic acids is 1. The van der Waals surface area contributed by atoms with Gasteiger partial charge in [0.05, 0.1) is 11.3 Å². The molecule has 0 aliphatic carbocycles. The van der Waals surface area contributed by atoms with Crippen molar-refractivity contribution < 1.29 is 4.79 Å². The Bertz CT molecular complexity index is 1130. The second-order valence-corrected chi connectivity index (χ2v) is 10.0. The molecular formula is C25H31ClN6O. The average Bonchev–Trinajstić information content (AvgIpc) is 3.31. The van der Waals surface area contributed by atoms with Gasteiger partial charge in [0, 0.05) is 49.0 Å². The van der Waals surface area contributed by atoms with Crippen molar-refractivity contribution in [1.82, 2.24) is 25.2 Å². The largest absolute Gasteiger partial charge is 0.352 e. The quantitative estimate of drug-likeness (QED) is 0.576. The molecule has 2 fully saturated rings. The van der Waals surface area contributed by atoms with Crippen molar-refractivity contribution in [2.24, 2.45) is 0 Å². The van der Waals surface area contributed by atoms with Crippen molar-refractivity contribution in [3.05, 3.63) is 52.9 Å². The van der Waals surface area contributed by atoms with Crippen LogP contribution in [0.15, 0.2) is 36.8 Å². The van der Waals surface area contributed by atoms with Gasteiger partial charge in [0.2, 0.25) is 5.91 Å². The monoisotopic (exact) mass is 466 g/mol. The Morgan fingerprint density at radius 2 is 1.88 bits per heavy atom. The van der Waals surface area contributed by atoms with E-state index >= 15 is 0 Å². The van der Waals surface area contributed by atoms with Crippen LogP contribution in [0.5, 0.6) is 0 Å².